The number of carbonyl (C=O) groups excluding carboxylic acids is 2. The Morgan fingerprint density at radius 1 is 0.933 bits per heavy atom. The molecule has 0 saturated carbocycles. The van der Waals surface area contributed by atoms with Gasteiger partial charge in [-0.25, -0.2) is 28.3 Å². The van der Waals surface area contributed by atoms with Crippen LogP contribution in [0.25, 0.3) is 11.1 Å². The molecular formula is C31H31Cl2N7O4S. The molecule has 0 unspecified atom stereocenters. The Kier molecular flexibility index (Phi) is 8.19. The number of benzene rings is 2. The Bertz CT molecular complexity index is 1860. The smallest absolute Gasteiger partial charge is 0.260 e. The van der Waals surface area contributed by atoms with Crippen LogP contribution in [0.1, 0.15) is 26.3 Å². The van der Waals surface area contributed by atoms with Crippen LogP contribution in [-0.4, -0.2) is 75.1 Å². The Labute approximate surface area is 271 Å². The minimum absolute atomic E-state index is 0.0166. The van der Waals surface area contributed by atoms with Gasteiger partial charge in [-0.3, -0.25) is 14.2 Å². The highest BCUT2D eigenvalue weighted by molar-refractivity contribution is 7.89. The van der Waals surface area contributed by atoms with Crippen molar-refractivity contribution in [3.8, 4) is 11.1 Å². The zero-order chi connectivity index (χ0) is 32.1. The number of amides is 2. The maximum Gasteiger partial charge on any atom is 0.260 e. The number of hydrogen-bond donors (Lipinski definition) is 0. The number of carbonyl (C=O) groups is 2. The maximum absolute atomic E-state index is 14.4. The number of hydrogen-bond acceptors (Lipinski definition) is 7. The first-order valence-electron chi connectivity index (χ1n) is 14.4. The van der Waals surface area contributed by atoms with E-state index in [1.54, 1.807) is 42.4 Å². The molecule has 0 radical (unpaired) electrons. The van der Waals surface area contributed by atoms with Gasteiger partial charge in [0.15, 0.2) is 5.03 Å². The van der Waals surface area contributed by atoms with Gasteiger partial charge in [-0.1, -0.05) is 61.3 Å². The number of piperazine rings is 1. The van der Waals surface area contributed by atoms with Crippen molar-refractivity contribution < 1.29 is 18.0 Å². The lowest BCUT2D eigenvalue weighted by Gasteiger charge is -2.35. The largest absolute Gasteiger partial charge is 0.340 e. The van der Waals surface area contributed by atoms with Gasteiger partial charge in [-0.15, -0.1) is 0 Å². The fourth-order valence-corrected chi connectivity index (χ4v) is 8.04. The van der Waals surface area contributed by atoms with Crippen LogP contribution < -0.4 is 4.90 Å². The first-order chi connectivity index (χ1) is 21.4. The van der Waals surface area contributed by atoms with Crippen molar-refractivity contribution >= 4 is 56.7 Å². The van der Waals surface area contributed by atoms with E-state index in [2.05, 4.69) is 15.0 Å². The zero-order valence-corrected chi connectivity index (χ0v) is 27.2. The number of nitrogens with zero attached hydrogens (tertiary/aromatic N) is 7. The highest BCUT2D eigenvalue weighted by Crippen LogP contribution is 2.45. The van der Waals surface area contributed by atoms with Gasteiger partial charge >= 0.3 is 0 Å². The van der Waals surface area contributed by atoms with E-state index >= 15 is 0 Å². The third-order valence-corrected chi connectivity index (χ3v) is 10.5. The molecule has 2 aliphatic heterocycles. The number of fused-ring (bicyclic) bond motifs is 1. The molecule has 0 aliphatic carbocycles. The van der Waals surface area contributed by atoms with E-state index in [0.29, 0.717) is 15.7 Å². The summed E-state index contributed by atoms with van der Waals surface area (Å²) in [6.07, 6.45) is 6.35. The third-order valence-electron chi connectivity index (χ3n) is 8.22. The summed E-state index contributed by atoms with van der Waals surface area (Å²) in [6.45, 7) is 6.17. The molecule has 4 aromatic rings. The average molecular weight is 669 g/mol. The van der Waals surface area contributed by atoms with E-state index in [-0.39, 0.29) is 61.3 Å². The molecule has 1 atom stereocenters. The van der Waals surface area contributed by atoms with Crippen molar-refractivity contribution in [2.24, 2.45) is 5.92 Å². The topological polar surface area (TPSA) is 122 Å². The van der Waals surface area contributed by atoms with Crippen LogP contribution in [0, 0.1) is 5.92 Å². The lowest BCUT2D eigenvalue weighted by Crippen LogP contribution is -2.52. The number of anilines is 2. The molecule has 0 bridgehead atoms. The molecule has 1 saturated heterocycles. The molecule has 234 valence electrons. The van der Waals surface area contributed by atoms with E-state index in [1.165, 1.54) is 26.3 Å². The number of rotatable bonds is 7. The first-order valence-corrected chi connectivity index (χ1v) is 16.6. The van der Waals surface area contributed by atoms with Crippen LogP contribution in [0.2, 0.25) is 10.0 Å². The lowest BCUT2D eigenvalue weighted by molar-refractivity contribution is -0.135. The molecule has 14 heteroatoms. The Morgan fingerprint density at radius 3 is 2.16 bits per heavy atom. The fraction of sp³-hybridized carbons (Fsp3) is 0.323. The van der Waals surface area contributed by atoms with E-state index in [1.807, 2.05) is 38.1 Å². The van der Waals surface area contributed by atoms with Crippen molar-refractivity contribution in [3.05, 3.63) is 83.0 Å². The Balaban J connectivity index is 1.40. The van der Waals surface area contributed by atoms with Gasteiger partial charge in [-0.2, -0.15) is 4.31 Å². The standard InChI is InChI=1S/C31H31Cl2N7O4S/c1-20(2)28(41)37-8-10-38(11-9-37)45(43,44)27-18-36-30-39(26-13-24(32)12-25(33)14-26)29(42)31(3,40(27)30)15-21-4-6-22(7-5-21)23-16-34-19-35-17-23/h4-7,12-14,16-20H,8-11,15H2,1-3H3/t31-/m1/s1. The molecule has 2 aromatic carbocycles. The molecule has 2 aromatic heterocycles. The van der Waals surface area contributed by atoms with Gasteiger partial charge in [0, 0.05) is 66.5 Å². The summed E-state index contributed by atoms with van der Waals surface area (Å²) in [5.74, 6) is -0.435. The number of imidazole rings is 1. The fourth-order valence-electron chi connectivity index (χ4n) is 5.92. The van der Waals surface area contributed by atoms with Gasteiger partial charge in [-0.05, 0) is 36.2 Å². The van der Waals surface area contributed by atoms with Gasteiger partial charge in [0.1, 0.15) is 11.9 Å². The van der Waals surface area contributed by atoms with Crippen molar-refractivity contribution in [2.75, 3.05) is 31.1 Å². The maximum atomic E-state index is 14.4. The molecule has 2 amide bonds. The molecule has 45 heavy (non-hydrogen) atoms. The summed E-state index contributed by atoms with van der Waals surface area (Å²) in [6, 6.07) is 12.4. The van der Waals surface area contributed by atoms with Gasteiger partial charge in [0.05, 0.1) is 11.9 Å². The number of sulfonamides is 1. The molecular weight excluding hydrogens is 637 g/mol. The van der Waals surface area contributed by atoms with Crippen LogP contribution in [0.3, 0.4) is 0 Å². The molecule has 2 aliphatic rings. The minimum Gasteiger partial charge on any atom is -0.340 e. The summed E-state index contributed by atoms with van der Waals surface area (Å²) in [5.41, 5.74) is 1.55. The summed E-state index contributed by atoms with van der Waals surface area (Å²) < 4.78 is 31.2. The first kappa shape index (κ1) is 31.2. The van der Waals surface area contributed by atoms with E-state index in [4.69, 9.17) is 23.2 Å². The Hall–Kier alpha value is -3.84. The molecule has 11 nitrogen and oxygen atoms in total. The van der Waals surface area contributed by atoms with Crippen LogP contribution in [0.4, 0.5) is 11.6 Å². The highest BCUT2D eigenvalue weighted by atomic mass is 35.5. The highest BCUT2D eigenvalue weighted by Gasteiger charge is 2.52. The minimum atomic E-state index is -4.11. The van der Waals surface area contributed by atoms with Crippen molar-refractivity contribution in [2.45, 2.75) is 37.8 Å². The van der Waals surface area contributed by atoms with Gasteiger partial charge < -0.3 is 4.90 Å². The Morgan fingerprint density at radius 2 is 1.56 bits per heavy atom. The van der Waals surface area contributed by atoms with Crippen LogP contribution in [-0.2, 0) is 31.6 Å². The van der Waals surface area contributed by atoms with E-state index < -0.39 is 15.6 Å². The summed E-state index contributed by atoms with van der Waals surface area (Å²) in [5, 5.41) is 0.531. The van der Waals surface area contributed by atoms with E-state index in [9.17, 15) is 18.0 Å². The second kappa shape index (κ2) is 11.8. The lowest BCUT2D eigenvalue weighted by atomic mass is 9.91. The normalized spacial score (nSPS) is 18.9. The summed E-state index contributed by atoms with van der Waals surface area (Å²) >= 11 is 12.6. The van der Waals surface area contributed by atoms with E-state index in [0.717, 1.165) is 16.7 Å². The van der Waals surface area contributed by atoms with Gasteiger partial charge in [0.2, 0.25) is 11.9 Å². The predicted octanol–water partition coefficient (Wildman–Crippen LogP) is 4.77. The average Bonchev–Trinajstić information content (AvgIpc) is 3.55. The van der Waals surface area contributed by atoms with Crippen LogP contribution in [0.5, 0.6) is 0 Å². The summed E-state index contributed by atoms with van der Waals surface area (Å²) in [4.78, 5) is 42.6. The van der Waals surface area contributed by atoms with Crippen molar-refractivity contribution in [1.29, 1.82) is 0 Å². The van der Waals surface area contributed by atoms with Crippen molar-refractivity contribution in [1.82, 2.24) is 28.7 Å². The van der Waals surface area contributed by atoms with Crippen LogP contribution >= 0.6 is 23.2 Å². The molecule has 4 heterocycles. The second-order valence-electron chi connectivity index (χ2n) is 11.7. The zero-order valence-electron chi connectivity index (χ0n) is 24.9. The predicted molar refractivity (Wildman–Crippen MR) is 171 cm³/mol. The third kappa shape index (κ3) is 5.60. The molecule has 6 rings (SSSR count). The molecule has 0 N–H and O–H groups in total. The van der Waals surface area contributed by atoms with Crippen molar-refractivity contribution in [3.63, 3.8) is 0 Å². The van der Waals surface area contributed by atoms with Crippen LogP contribution in [0.15, 0.2) is 72.4 Å². The number of aromatic nitrogens is 4. The molecule has 0 spiro atoms. The quantitative estimate of drug-likeness (QED) is 0.278. The monoisotopic (exact) mass is 667 g/mol. The summed E-state index contributed by atoms with van der Waals surface area (Å²) in [7, 11) is -4.11. The molecule has 1 fully saturated rings. The van der Waals surface area contributed by atoms with Gasteiger partial charge in [0.25, 0.3) is 15.9 Å². The number of halogens is 2. The SMILES string of the molecule is CC(C)C(=O)N1CCN(S(=O)(=O)c2cnc3n2[C@](C)(Cc2ccc(-c4cncnc4)cc2)C(=O)N3c2cc(Cl)cc(Cl)c2)CC1. The second-order valence-corrected chi connectivity index (χ2v) is 14.4.